The molecule has 0 fully saturated rings. The highest BCUT2D eigenvalue weighted by Crippen LogP contribution is 2.25. The Balaban J connectivity index is 2.20. The van der Waals surface area contributed by atoms with E-state index in [1.54, 1.807) is 12.3 Å². The number of rotatable bonds is 3. The Labute approximate surface area is 112 Å². The van der Waals surface area contributed by atoms with Gasteiger partial charge in [-0.25, -0.2) is 4.98 Å². The number of nitrogens with zero attached hydrogens (tertiary/aromatic N) is 2. The van der Waals surface area contributed by atoms with E-state index in [4.69, 9.17) is 15.7 Å². The minimum atomic E-state index is 0.306. The second-order valence-corrected chi connectivity index (χ2v) is 4.39. The van der Waals surface area contributed by atoms with Crippen LogP contribution in [-0.2, 0) is 6.61 Å². The fourth-order valence-corrected chi connectivity index (χ4v) is 1.81. The Kier molecular flexibility index (Phi) is 3.67. The molecule has 96 valence electrons. The Hall–Kier alpha value is -2.54. The predicted octanol–water partition coefficient (Wildman–Crippen LogP) is 2.73. The van der Waals surface area contributed by atoms with Crippen molar-refractivity contribution in [3.05, 3.63) is 52.8 Å². The van der Waals surface area contributed by atoms with Gasteiger partial charge in [-0.3, -0.25) is 0 Å². The molecular formula is C15H15N3O. The van der Waals surface area contributed by atoms with Crippen LogP contribution in [0.1, 0.15) is 22.4 Å². The number of nitriles is 1. The summed E-state index contributed by atoms with van der Waals surface area (Å²) in [5, 5.41) is 8.96. The van der Waals surface area contributed by atoms with E-state index in [9.17, 15) is 0 Å². The zero-order valence-electron chi connectivity index (χ0n) is 11.0. The second kappa shape index (κ2) is 5.40. The largest absolute Gasteiger partial charge is 0.488 e. The van der Waals surface area contributed by atoms with Gasteiger partial charge in [-0.05, 0) is 31.0 Å². The van der Waals surface area contributed by atoms with Crippen molar-refractivity contribution in [3.63, 3.8) is 0 Å². The summed E-state index contributed by atoms with van der Waals surface area (Å²) in [5.74, 6) is 0.732. The first-order chi connectivity index (χ1) is 9.11. The van der Waals surface area contributed by atoms with Crippen LogP contribution in [0.2, 0.25) is 0 Å². The number of pyridine rings is 1. The lowest BCUT2D eigenvalue weighted by molar-refractivity contribution is 0.303. The summed E-state index contributed by atoms with van der Waals surface area (Å²) >= 11 is 0. The van der Waals surface area contributed by atoms with Gasteiger partial charge in [-0.2, -0.15) is 5.26 Å². The van der Waals surface area contributed by atoms with Crippen LogP contribution in [0.25, 0.3) is 0 Å². The van der Waals surface area contributed by atoms with E-state index in [-0.39, 0.29) is 0 Å². The summed E-state index contributed by atoms with van der Waals surface area (Å²) in [5.41, 5.74) is 9.78. The molecule has 0 spiro atoms. The number of hydrogen-bond donors (Lipinski definition) is 1. The number of benzene rings is 1. The third kappa shape index (κ3) is 2.83. The van der Waals surface area contributed by atoms with Gasteiger partial charge in [0.25, 0.3) is 0 Å². The summed E-state index contributed by atoms with van der Waals surface area (Å²) in [6.45, 7) is 4.23. The van der Waals surface area contributed by atoms with Gasteiger partial charge in [0.05, 0.1) is 0 Å². The Morgan fingerprint density at radius 2 is 2.11 bits per heavy atom. The minimum Gasteiger partial charge on any atom is -0.488 e. The van der Waals surface area contributed by atoms with Crippen molar-refractivity contribution in [2.75, 3.05) is 5.73 Å². The van der Waals surface area contributed by atoms with Gasteiger partial charge in [-0.1, -0.05) is 12.1 Å². The number of nitrogen functional groups attached to an aromatic ring is 1. The van der Waals surface area contributed by atoms with Crippen molar-refractivity contribution >= 4 is 5.69 Å². The first-order valence-electron chi connectivity index (χ1n) is 5.95. The molecule has 0 saturated carbocycles. The second-order valence-electron chi connectivity index (χ2n) is 4.39. The summed E-state index contributed by atoms with van der Waals surface area (Å²) in [4.78, 5) is 4.00. The van der Waals surface area contributed by atoms with Crippen LogP contribution >= 0.6 is 0 Å². The number of aryl methyl sites for hydroxylation is 2. The monoisotopic (exact) mass is 253 g/mol. The van der Waals surface area contributed by atoms with E-state index in [0.29, 0.717) is 18.0 Å². The van der Waals surface area contributed by atoms with Crippen molar-refractivity contribution < 1.29 is 4.74 Å². The zero-order valence-corrected chi connectivity index (χ0v) is 11.0. The average molecular weight is 253 g/mol. The molecule has 0 aliphatic rings. The fraction of sp³-hybridized carbons (Fsp3) is 0.200. The smallest absolute Gasteiger partial charge is 0.147 e. The van der Waals surface area contributed by atoms with Crippen LogP contribution in [0.3, 0.4) is 0 Å². The van der Waals surface area contributed by atoms with Crippen LogP contribution in [0, 0.1) is 25.2 Å². The molecule has 4 heteroatoms. The standard InChI is InChI=1S/C15H15N3O/c1-10-6-11(2)15(7-13(10)17)19-9-12-4-3-5-18-14(12)8-16/h3-7H,9,17H2,1-2H3. The molecule has 2 rings (SSSR count). The summed E-state index contributed by atoms with van der Waals surface area (Å²) in [7, 11) is 0. The maximum absolute atomic E-state index is 8.96. The van der Waals surface area contributed by atoms with Crippen molar-refractivity contribution in [1.82, 2.24) is 4.98 Å². The van der Waals surface area contributed by atoms with Gasteiger partial charge < -0.3 is 10.5 Å². The van der Waals surface area contributed by atoms with Crippen molar-refractivity contribution in [3.8, 4) is 11.8 Å². The van der Waals surface area contributed by atoms with Gasteiger partial charge in [0.15, 0.2) is 0 Å². The zero-order chi connectivity index (χ0) is 13.8. The third-order valence-corrected chi connectivity index (χ3v) is 2.94. The summed E-state index contributed by atoms with van der Waals surface area (Å²) in [6, 6.07) is 9.47. The topological polar surface area (TPSA) is 71.9 Å². The molecular weight excluding hydrogens is 238 g/mol. The highest BCUT2D eigenvalue weighted by Gasteiger charge is 2.06. The van der Waals surface area contributed by atoms with Crippen LogP contribution in [-0.4, -0.2) is 4.98 Å². The Morgan fingerprint density at radius 1 is 1.32 bits per heavy atom. The minimum absolute atomic E-state index is 0.306. The molecule has 1 heterocycles. The lowest BCUT2D eigenvalue weighted by atomic mass is 10.1. The van der Waals surface area contributed by atoms with Crippen LogP contribution in [0.15, 0.2) is 30.5 Å². The molecule has 2 aromatic rings. The van der Waals surface area contributed by atoms with E-state index < -0.39 is 0 Å². The molecule has 0 aliphatic carbocycles. The Morgan fingerprint density at radius 3 is 2.84 bits per heavy atom. The van der Waals surface area contributed by atoms with E-state index in [1.807, 2.05) is 32.0 Å². The van der Waals surface area contributed by atoms with Crippen LogP contribution in [0.4, 0.5) is 5.69 Å². The maximum Gasteiger partial charge on any atom is 0.147 e. The van der Waals surface area contributed by atoms with Gasteiger partial charge in [0.1, 0.15) is 24.1 Å². The molecule has 1 aromatic carbocycles. The number of hydrogen-bond acceptors (Lipinski definition) is 4. The van der Waals surface area contributed by atoms with Crippen molar-refractivity contribution in [2.45, 2.75) is 20.5 Å². The molecule has 0 aliphatic heterocycles. The number of nitrogens with two attached hydrogens (primary N) is 1. The highest BCUT2D eigenvalue weighted by atomic mass is 16.5. The fourth-order valence-electron chi connectivity index (χ4n) is 1.81. The normalized spacial score (nSPS) is 9.95. The SMILES string of the molecule is Cc1cc(C)c(OCc2cccnc2C#N)cc1N. The molecule has 0 radical (unpaired) electrons. The molecule has 4 nitrogen and oxygen atoms in total. The maximum atomic E-state index is 8.96. The lowest BCUT2D eigenvalue weighted by Gasteiger charge is -2.12. The summed E-state index contributed by atoms with van der Waals surface area (Å²) in [6.07, 6.45) is 1.59. The number of ether oxygens (including phenoxy) is 1. The predicted molar refractivity (Wildman–Crippen MR) is 73.6 cm³/mol. The van der Waals surface area contributed by atoms with Gasteiger partial charge >= 0.3 is 0 Å². The van der Waals surface area contributed by atoms with E-state index in [0.717, 1.165) is 22.4 Å². The molecule has 0 amide bonds. The third-order valence-electron chi connectivity index (χ3n) is 2.94. The number of anilines is 1. The lowest BCUT2D eigenvalue weighted by Crippen LogP contribution is -2.02. The molecule has 0 saturated heterocycles. The van der Waals surface area contributed by atoms with Gasteiger partial charge in [0, 0.05) is 23.5 Å². The van der Waals surface area contributed by atoms with E-state index >= 15 is 0 Å². The van der Waals surface area contributed by atoms with Crippen LogP contribution < -0.4 is 10.5 Å². The van der Waals surface area contributed by atoms with Crippen molar-refractivity contribution in [1.29, 1.82) is 5.26 Å². The average Bonchev–Trinajstić information content (AvgIpc) is 2.41. The molecule has 0 unspecified atom stereocenters. The molecule has 0 atom stereocenters. The molecule has 19 heavy (non-hydrogen) atoms. The first-order valence-corrected chi connectivity index (χ1v) is 5.95. The molecule has 2 N–H and O–H groups in total. The van der Waals surface area contributed by atoms with E-state index in [2.05, 4.69) is 11.1 Å². The highest BCUT2D eigenvalue weighted by molar-refractivity contribution is 5.54. The van der Waals surface area contributed by atoms with Gasteiger partial charge in [0.2, 0.25) is 0 Å². The van der Waals surface area contributed by atoms with Crippen molar-refractivity contribution in [2.24, 2.45) is 0 Å². The molecule has 0 bridgehead atoms. The number of aromatic nitrogens is 1. The molecule has 1 aromatic heterocycles. The summed E-state index contributed by atoms with van der Waals surface area (Å²) < 4.78 is 5.73. The van der Waals surface area contributed by atoms with Crippen LogP contribution in [0.5, 0.6) is 5.75 Å². The van der Waals surface area contributed by atoms with Gasteiger partial charge in [-0.15, -0.1) is 0 Å². The first kappa shape index (κ1) is 12.9. The Bertz CT molecular complexity index is 644. The van der Waals surface area contributed by atoms with E-state index in [1.165, 1.54) is 0 Å². The quantitative estimate of drug-likeness (QED) is 0.854.